The van der Waals surface area contributed by atoms with E-state index < -0.39 is 6.10 Å². The molecular formula is C23H27N7O2. The average Bonchev–Trinajstić information content (AvgIpc) is 2.79. The van der Waals surface area contributed by atoms with Gasteiger partial charge in [-0.2, -0.15) is 0 Å². The molecule has 0 radical (unpaired) electrons. The van der Waals surface area contributed by atoms with Crippen molar-refractivity contribution >= 4 is 23.0 Å². The maximum Gasteiger partial charge on any atom is 0.237 e. The SMILES string of the molecule is Cc1c(N2CCc3cnc(Nc4ccnc(CC(C)O)c4)nc3C2)cnc2c1NCCO2. The molecular weight excluding hydrogens is 406 g/mol. The molecule has 32 heavy (non-hydrogen) atoms. The van der Waals surface area contributed by atoms with E-state index in [0.29, 0.717) is 31.4 Å². The van der Waals surface area contributed by atoms with Gasteiger partial charge in [0.1, 0.15) is 12.3 Å². The summed E-state index contributed by atoms with van der Waals surface area (Å²) < 4.78 is 5.67. The van der Waals surface area contributed by atoms with Crippen LogP contribution >= 0.6 is 0 Å². The largest absolute Gasteiger partial charge is 0.474 e. The van der Waals surface area contributed by atoms with Crippen LogP contribution in [0.1, 0.15) is 29.4 Å². The van der Waals surface area contributed by atoms with E-state index in [4.69, 9.17) is 9.72 Å². The average molecular weight is 434 g/mol. The lowest BCUT2D eigenvalue weighted by atomic mass is 10.0. The smallest absolute Gasteiger partial charge is 0.237 e. The summed E-state index contributed by atoms with van der Waals surface area (Å²) in [5.41, 5.74) is 7.07. The van der Waals surface area contributed by atoms with Crippen LogP contribution in [0.4, 0.5) is 23.0 Å². The van der Waals surface area contributed by atoms with Gasteiger partial charge >= 0.3 is 0 Å². The minimum atomic E-state index is -0.438. The molecule has 1 unspecified atom stereocenters. The van der Waals surface area contributed by atoms with Gasteiger partial charge in [0, 0.05) is 48.8 Å². The number of ether oxygens (including phenoxy) is 1. The molecule has 3 aromatic rings. The van der Waals surface area contributed by atoms with Gasteiger partial charge in [0.15, 0.2) is 0 Å². The molecule has 9 heteroatoms. The first kappa shape index (κ1) is 20.4. The van der Waals surface area contributed by atoms with Crippen molar-refractivity contribution in [1.82, 2.24) is 19.9 Å². The van der Waals surface area contributed by atoms with Crippen LogP contribution in [0, 0.1) is 6.92 Å². The number of hydrogen-bond acceptors (Lipinski definition) is 9. The fourth-order valence-electron chi connectivity index (χ4n) is 4.20. The van der Waals surface area contributed by atoms with Crippen LogP contribution in [0.2, 0.25) is 0 Å². The van der Waals surface area contributed by atoms with Gasteiger partial charge in [-0.1, -0.05) is 0 Å². The van der Waals surface area contributed by atoms with Crippen molar-refractivity contribution in [2.45, 2.75) is 39.3 Å². The Morgan fingerprint density at radius 1 is 1.28 bits per heavy atom. The van der Waals surface area contributed by atoms with Gasteiger partial charge in [0.05, 0.1) is 30.2 Å². The molecule has 2 aliphatic heterocycles. The molecule has 0 amide bonds. The Hall–Kier alpha value is -3.46. The number of aliphatic hydroxyl groups excluding tert-OH is 1. The highest BCUT2D eigenvalue weighted by atomic mass is 16.5. The second kappa shape index (κ2) is 8.58. The number of rotatable bonds is 5. The lowest BCUT2D eigenvalue weighted by Gasteiger charge is -2.32. The van der Waals surface area contributed by atoms with Gasteiger partial charge in [0.25, 0.3) is 0 Å². The Labute approximate surface area is 186 Å². The van der Waals surface area contributed by atoms with E-state index in [1.165, 1.54) is 5.56 Å². The van der Waals surface area contributed by atoms with Crippen molar-refractivity contribution in [3.05, 3.63) is 53.2 Å². The molecule has 2 aliphatic rings. The van der Waals surface area contributed by atoms with Crippen molar-refractivity contribution in [2.75, 3.05) is 35.2 Å². The maximum atomic E-state index is 9.62. The van der Waals surface area contributed by atoms with Gasteiger partial charge in [-0.05, 0) is 38.0 Å². The lowest BCUT2D eigenvalue weighted by molar-refractivity contribution is 0.194. The van der Waals surface area contributed by atoms with Gasteiger partial charge in [-0.15, -0.1) is 0 Å². The Morgan fingerprint density at radius 2 is 2.19 bits per heavy atom. The Morgan fingerprint density at radius 3 is 3.06 bits per heavy atom. The van der Waals surface area contributed by atoms with Crippen molar-refractivity contribution in [3.63, 3.8) is 0 Å². The summed E-state index contributed by atoms with van der Waals surface area (Å²) in [4.78, 5) is 20.4. The summed E-state index contributed by atoms with van der Waals surface area (Å²) in [5, 5.41) is 16.3. The third-order valence-electron chi connectivity index (χ3n) is 5.78. The Balaban J connectivity index is 1.36. The predicted molar refractivity (Wildman–Crippen MR) is 123 cm³/mol. The van der Waals surface area contributed by atoms with E-state index in [1.807, 2.05) is 24.5 Å². The molecule has 0 saturated carbocycles. The van der Waals surface area contributed by atoms with Gasteiger partial charge in [-0.25, -0.2) is 15.0 Å². The van der Waals surface area contributed by atoms with E-state index >= 15 is 0 Å². The predicted octanol–water partition coefficient (Wildman–Crippen LogP) is 2.61. The molecule has 0 fully saturated rings. The first-order valence-corrected chi connectivity index (χ1v) is 10.9. The van der Waals surface area contributed by atoms with Crippen LogP contribution in [-0.4, -0.2) is 50.8 Å². The van der Waals surface area contributed by atoms with Crippen LogP contribution in [0.15, 0.2) is 30.7 Å². The topological polar surface area (TPSA) is 108 Å². The fraction of sp³-hybridized carbons (Fsp3) is 0.391. The zero-order valence-corrected chi connectivity index (χ0v) is 18.3. The van der Waals surface area contributed by atoms with E-state index in [-0.39, 0.29) is 0 Å². The molecule has 5 heterocycles. The monoisotopic (exact) mass is 433 g/mol. The summed E-state index contributed by atoms with van der Waals surface area (Å²) in [6.45, 7) is 6.87. The van der Waals surface area contributed by atoms with Crippen molar-refractivity contribution < 1.29 is 9.84 Å². The molecule has 5 rings (SSSR count). The summed E-state index contributed by atoms with van der Waals surface area (Å²) >= 11 is 0. The molecule has 0 bridgehead atoms. The zero-order valence-electron chi connectivity index (χ0n) is 18.3. The van der Waals surface area contributed by atoms with Crippen LogP contribution in [0.5, 0.6) is 5.88 Å². The summed E-state index contributed by atoms with van der Waals surface area (Å²) in [5.74, 6) is 1.23. The van der Waals surface area contributed by atoms with Crippen LogP contribution < -0.4 is 20.3 Å². The van der Waals surface area contributed by atoms with E-state index in [1.54, 1.807) is 13.1 Å². The van der Waals surface area contributed by atoms with Gasteiger partial charge in [0.2, 0.25) is 11.8 Å². The standard InChI is InChI=1S/C23H27N7O2/c1-14(31)9-18-10-17(3-5-24-18)28-23-27-11-16-4-7-30(13-19(16)29-23)20-12-26-22-21(15(20)2)25-6-8-32-22/h3,5,10-12,14,25,31H,4,6-9,13H2,1-2H3,(H,24,27,28,29). The summed E-state index contributed by atoms with van der Waals surface area (Å²) in [7, 11) is 0. The van der Waals surface area contributed by atoms with E-state index in [0.717, 1.165) is 53.5 Å². The lowest BCUT2D eigenvalue weighted by Crippen LogP contribution is -2.32. The van der Waals surface area contributed by atoms with Gasteiger partial charge in [-0.3, -0.25) is 4.98 Å². The number of anilines is 4. The molecule has 1 atom stereocenters. The van der Waals surface area contributed by atoms with E-state index in [9.17, 15) is 5.11 Å². The van der Waals surface area contributed by atoms with Crippen LogP contribution in [0.3, 0.4) is 0 Å². The highest BCUT2D eigenvalue weighted by molar-refractivity contribution is 5.70. The molecule has 9 nitrogen and oxygen atoms in total. The molecule has 3 aromatic heterocycles. The number of nitrogens with one attached hydrogen (secondary N) is 2. The quantitative estimate of drug-likeness (QED) is 0.559. The van der Waals surface area contributed by atoms with Crippen molar-refractivity contribution in [3.8, 4) is 5.88 Å². The minimum Gasteiger partial charge on any atom is -0.474 e. The zero-order chi connectivity index (χ0) is 22.1. The number of pyridine rings is 2. The van der Waals surface area contributed by atoms with Crippen molar-refractivity contribution in [2.24, 2.45) is 0 Å². The van der Waals surface area contributed by atoms with E-state index in [2.05, 4.69) is 37.4 Å². The highest BCUT2D eigenvalue weighted by Crippen LogP contribution is 2.36. The third-order valence-corrected chi connectivity index (χ3v) is 5.78. The minimum absolute atomic E-state index is 0.438. The van der Waals surface area contributed by atoms with Gasteiger partial charge < -0.3 is 25.4 Å². The van der Waals surface area contributed by atoms with Crippen LogP contribution in [0.25, 0.3) is 0 Å². The Bertz CT molecular complexity index is 1140. The first-order valence-electron chi connectivity index (χ1n) is 10.9. The molecule has 0 aromatic carbocycles. The fourth-order valence-corrected chi connectivity index (χ4v) is 4.20. The highest BCUT2D eigenvalue weighted by Gasteiger charge is 2.24. The number of aliphatic hydroxyl groups is 1. The maximum absolute atomic E-state index is 9.62. The summed E-state index contributed by atoms with van der Waals surface area (Å²) in [6.07, 6.45) is 6.48. The molecule has 0 spiro atoms. The number of hydrogen-bond donors (Lipinski definition) is 3. The first-order chi connectivity index (χ1) is 15.6. The molecule has 0 aliphatic carbocycles. The Kier molecular flexibility index (Phi) is 5.48. The second-order valence-electron chi connectivity index (χ2n) is 8.27. The normalized spacial score (nSPS) is 15.8. The molecule has 166 valence electrons. The van der Waals surface area contributed by atoms with Crippen molar-refractivity contribution in [1.29, 1.82) is 0 Å². The number of fused-ring (bicyclic) bond motifs is 2. The third kappa shape index (κ3) is 4.16. The van der Waals surface area contributed by atoms with Crippen LogP contribution in [-0.2, 0) is 19.4 Å². The second-order valence-corrected chi connectivity index (χ2v) is 8.27. The number of aromatic nitrogens is 4. The molecule has 0 saturated heterocycles. The molecule has 3 N–H and O–H groups in total. The summed E-state index contributed by atoms with van der Waals surface area (Å²) in [6, 6.07) is 3.79. The number of nitrogens with zero attached hydrogens (tertiary/aromatic N) is 5.